The quantitative estimate of drug-likeness (QED) is 0.210. The fourth-order valence-electron chi connectivity index (χ4n) is 3.71. The van der Waals surface area contributed by atoms with Gasteiger partial charge in [0.1, 0.15) is 0 Å². The van der Waals surface area contributed by atoms with Crippen molar-refractivity contribution in [2.45, 2.75) is 37.8 Å². The van der Waals surface area contributed by atoms with E-state index in [0.29, 0.717) is 31.2 Å². The smallest absolute Gasteiger partial charge is 0.357 e. The maximum absolute atomic E-state index is 13.1. The lowest BCUT2D eigenvalue weighted by atomic mass is 9.64. The molecule has 0 radical (unpaired) electrons. The van der Waals surface area contributed by atoms with Gasteiger partial charge in [-0.2, -0.15) is 13.2 Å². The second kappa shape index (κ2) is 10.5. The Balaban J connectivity index is 0.00000341. The number of rotatable bonds is 7. The first kappa shape index (κ1) is 25.2. The van der Waals surface area contributed by atoms with Crippen LogP contribution in [0.25, 0.3) is 0 Å². The van der Waals surface area contributed by atoms with E-state index in [4.69, 9.17) is 0 Å². The topological polar surface area (TPSA) is 85.8 Å². The Labute approximate surface area is 196 Å². The van der Waals surface area contributed by atoms with E-state index in [2.05, 4.69) is 20.9 Å². The summed E-state index contributed by atoms with van der Waals surface area (Å²) in [7, 11) is 0. The van der Waals surface area contributed by atoms with Crippen molar-refractivity contribution in [2.75, 3.05) is 32.7 Å². The molecule has 1 aromatic rings. The van der Waals surface area contributed by atoms with Crippen LogP contribution < -0.4 is 16.0 Å². The summed E-state index contributed by atoms with van der Waals surface area (Å²) in [5.74, 6) is 0.226. The van der Waals surface area contributed by atoms with Crippen molar-refractivity contribution in [3.63, 3.8) is 0 Å². The van der Waals surface area contributed by atoms with Gasteiger partial charge < -0.3 is 16.0 Å². The van der Waals surface area contributed by atoms with E-state index in [0.717, 1.165) is 30.2 Å². The zero-order chi connectivity index (χ0) is 21.8. The van der Waals surface area contributed by atoms with Gasteiger partial charge in [0.05, 0.1) is 18.7 Å². The van der Waals surface area contributed by atoms with Gasteiger partial charge in [0.2, 0.25) is 5.91 Å². The van der Waals surface area contributed by atoms with Gasteiger partial charge in [0.25, 0.3) is 0 Å². The average molecular weight is 553 g/mol. The monoisotopic (exact) mass is 553 g/mol. The van der Waals surface area contributed by atoms with Gasteiger partial charge in [-0.1, -0.05) is 24.6 Å². The second-order valence-electron chi connectivity index (χ2n) is 7.54. The molecule has 0 aromatic heterocycles. The van der Waals surface area contributed by atoms with E-state index in [1.54, 1.807) is 6.07 Å². The Bertz CT molecular complexity index is 811. The summed E-state index contributed by atoms with van der Waals surface area (Å²) in [4.78, 5) is 28.9. The maximum atomic E-state index is 13.1. The van der Waals surface area contributed by atoms with E-state index in [1.165, 1.54) is 12.1 Å². The number of carbonyl (C=O) groups excluding carboxylic acids is 2. The molecule has 3 N–H and O–H groups in total. The molecule has 1 saturated heterocycles. The van der Waals surface area contributed by atoms with Crippen LogP contribution in [0.15, 0.2) is 29.3 Å². The summed E-state index contributed by atoms with van der Waals surface area (Å²) in [6.07, 6.45) is -1.87. The minimum atomic E-state index is -4.38. The van der Waals surface area contributed by atoms with Gasteiger partial charge in [-0.3, -0.25) is 14.7 Å². The molecule has 0 spiro atoms. The van der Waals surface area contributed by atoms with Crippen LogP contribution in [0, 0.1) is 0 Å². The first-order valence-electron chi connectivity index (χ1n) is 10.0. The molecular weight excluding hydrogens is 526 g/mol. The number of hydrogen-bond acceptors (Lipinski definition) is 3. The van der Waals surface area contributed by atoms with Crippen molar-refractivity contribution >= 4 is 41.9 Å². The van der Waals surface area contributed by atoms with Gasteiger partial charge in [-0.15, -0.1) is 24.0 Å². The predicted molar refractivity (Wildman–Crippen MR) is 121 cm³/mol. The van der Waals surface area contributed by atoms with Gasteiger partial charge in [-0.05, 0) is 31.4 Å². The van der Waals surface area contributed by atoms with Crippen molar-refractivity contribution in [1.29, 1.82) is 0 Å². The lowest BCUT2D eigenvalue weighted by molar-refractivity contribution is -0.137. The number of alkyl halides is 3. The number of guanidine groups is 1. The van der Waals surface area contributed by atoms with Crippen LogP contribution in [0.1, 0.15) is 37.3 Å². The van der Waals surface area contributed by atoms with Crippen molar-refractivity contribution in [1.82, 2.24) is 20.9 Å². The van der Waals surface area contributed by atoms with Crippen LogP contribution in [-0.4, -0.2) is 55.5 Å². The molecule has 1 aliphatic carbocycles. The molecular formula is C20H27F3IN5O2. The van der Waals surface area contributed by atoms with Gasteiger partial charge in [-0.25, -0.2) is 4.79 Å². The molecule has 1 heterocycles. The summed E-state index contributed by atoms with van der Waals surface area (Å²) in [6, 6.07) is 5.08. The van der Waals surface area contributed by atoms with Crippen LogP contribution in [0.2, 0.25) is 0 Å². The summed E-state index contributed by atoms with van der Waals surface area (Å²) < 4.78 is 39.3. The van der Waals surface area contributed by atoms with E-state index >= 15 is 0 Å². The Morgan fingerprint density at radius 1 is 1.26 bits per heavy atom. The molecule has 1 aliphatic heterocycles. The molecule has 7 nitrogen and oxygen atoms in total. The second-order valence-corrected chi connectivity index (χ2v) is 7.54. The van der Waals surface area contributed by atoms with Crippen LogP contribution in [0.3, 0.4) is 0 Å². The number of amides is 3. The van der Waals surface area contributed by atoms with Crippen molar-refractivity contribution in [3.8, 4) is 0 Å². The Hall–Kier alpha value is -2.05. The average Bonchev–Trinajstić information content (AvgIpc) is 2.98. The maximum Gasteiger partial charge on any atom is 0.416 e. The summed E-state index contributed by atoms with van der Waals surface area (Å²) >= 11 is 0. The third kappa shape index (κ3) is 6.01. The van der Waals surface area contributed by atoms with Crippen LogP contribution in [0.4, 0.5) is 18.0 Å². The zero-order valence-electron chi connectivity index (χ0n) is 17.2. The van der Waals surface area contributed by atoms with Gasteiger partial charge in [0.15, 0.2) is 5.96 Å². The molecule has 0 bridgehead atoms. The highest BCUT2D eigenvalue weighted by atomic mass is 127. The molecule has 172 valence electrons. The highest BCUT2D eigenvalue weighted by Crippen LogP contribution is 2.45. The Kier molecular flexibility index (Phi) is 8.55. The number of nitrogens with one attached hydrogen (secondary N) is 3. The number of urea groups is 1. The number of benzene rings is 1. The third-order valence-corrected chi connectivity index (χ3v) is 5.56. The van der Waals surface area contributed by atoms with Crippen molar-refractivity contribution in [3.05, 3.63) is 35.4 Å². The number of carbonyl (C=O) groups is 2. The molecule has 1 saturated carbocycles. The van der Waals surface area contributed by atoms with Gasteiger partial charge in [0, 0.05) is 25.0 Å². The molecule has 11 heteroatoms. The highest BCUT2D eigenvalue weighted by Gasteiger charge is 2.40. The number of halogens is 4. The molecule has 2 fully saturated rings. The first-order chi connectivity index (χ1) is 14.2. The normalized spacial score (nSPS) is 18.2. The molecule has 3 rings (SSSR count). The first-order valence-corrected chi connectivity index (χ1v) is 10.0. The van der Waals surface area contributed by atoms with Crippen LogP contribution >= 0.6 is 24.0 Å². The summed E-state index contributed by atoms with van der Waals surface area (Å²) in [5, 5.41) is 8.63. The fourth-order valence-corrected chi connectivity index (χ4v) is 3.71. The standard InChI is InChI=1S/C20H26F3N5O2.HI/c1-2-24-17(25-9-10-28-16(29)12-26-18(28)30)27-13-19(7-4-8-19)14-5-3-6-15(11-14)20(21,22)23;/h3,5-6,11H,2,4,7-10,12-13H2,1H3,(H,26,30)(H2,24,25,27);1H. The number of aliphatic imine (C=N–C) groups is 1. The van der Waals surface area contributed by atoms with E-state index in [1.807, 2.05) is 6.92 Å². The molecule has 0 atom stereocenters. The van der Waals surface area contributed by atoms with Crippen LogP contribution in [-0.2, 0) is 16.4 Å². The number of nitrogens with zero attached hydrogens (tertiary/aromatic N) is 2. The van der Waals surface area contributed by atoms with E-state index in [9.17, 15) is 22.8 Å². The Morgan fingerprint density at radius 3 is 2.55 bits per heavy atom. The lowest BCUT2D eigenvalue weighted by Gasteiger charge is -2.41. The number of hydrogen-bond donors (Lipinski definition) is 3. The van der Waals surface area contributed by atoms with Crippen molar-refractivity contribution < 1.29 is 22.8 Å². The lowest BCUT2D eigenvalue weighted by Crippen LogP contribution is -2.44. The third-order valence-electron chi connectivity index (χ3n) is 5.56. The zero-order valence-corrected chi connectivity index (χ0v) is 19.5. The molecule has 31 heavy (non-hydrogen) atoms. The van der Waals surface area contributed by atoms with Crippen molar-refractivity contribution in [2.24, 2.45) is 4.99 Å². The van der Waals surface area contributed by atoms with Crippen LogP contribution in [0.5, 0.6) is 0 Å². The van der Waals surface area contributed by atoms with E-state index < -0.39 is 23.2 Å². The van der Waals surface area contributed by atoms with Gasteiger partial charge >= 0.3 is 12.2 Å². The number of imide groups is 1. The largest absolute Gasteiger partial charge is 0.416 e. The molecule has 0 unspecified atom stereocenters. The molecule has 3 amide bonds. The predicted octanol–water partition coefficient (Wildman–Crippen LogP) is 2.85. The van der Waals surface area contributed by atoms with E-state index in [-0.39, 0.29) is 43.0 Å². The minimum Gasteiger partial charge on any atom is -0.357 e. The highest BCUT2D eigenvalue weighted by molar-refractivity contribution is 14.0. The summed E-state index contributed by atoms with van der Waals surface area (Å²) in [5.41, 5.74) is -0.398. The summed E-state index contributed by atoms with van der Waals surface area (Å²) in [6.45, 7) is 3.39. The Morgan fingerprint density at radius 2 is 2.00 bits per heavy atom. The fraction of sp³-hybridized carbons (Fsp3) is 0.550. The molecule has 1 aromatic carbocycles. The molecule has 2 aliphatic rings. The minimum absolute atomic E-state index is 0. The SMILES string of the molecule is CCNC(=NCC1(c2cccc(C(F)(F)F)c2)CCC1)NCCN1C(=O)CNC1=O.I.